The number of rotatable bonds is 4. The van der Waals surface area contributed by atoms with Crippen molar-refractivity contribution < 1.29 is 19.6 Å². The van der Waals surface area contributed by atoms with Gasteiger partial charge in [0, 0.05) is 17.7 Å². The van der Waals surface area contributed by atoms with Gasteiger partial charge in [-0.25, -0.2) is 4.79 Å². The van der Waals surface area contributed by atoms with Crippen molar-refractivity contribution in [2.24, 2.45) is 0 Å². The van der Waals surface area contributed by atoms with Gasteiger partial charge in [-0.1, -0.05) is 0 Å². The van der Waals surface area contributed by atoms with E-state index in [2.05, 4.69) is 0 Å². The minimum absolute atomic E-state index is 0.0239. The number of nitro groups is 1. The molecule has 0 amide bonds. The molecule has 7 nitrogen and oxygen atoms in total. The van der Waals surface area contributed by atoms with Crippen molar-refractivity contribution in [1.82, 2.24) is 0 Å². The summed E-state index contributed by atoms with van der Waals surface area (Å²) in [4.78, 5) is 20.4. The minimum Gasteiger partial charge on any atom is -0.494 e. The second-order valence-electron chi connectivity index (χ2n) is 3.12. The van der Waals surface area contributed by atoms with Crippen molar-refractivity contribution >= 4 is 17.7 Å². The first kappa shape index (κ1) is 13.2. The van der Waals surface area contributed by atoms with E-state index in [0.29, 0.717) is 0 Å². The van der Waals surface area contributed by atoms with Gasteiger partial charge in [-0.3, -0.25) is 10.1 Å². The minimum atomic E-state index is -1.17. The molecule has 1 aromatic rings. The van der Waals surface area contributed by atoms with Gasteiger partial charge in [0.1, 0.15) is 6.07 Å². The zero-order valence-electron chi connectivity index (χ0n) is 9.28. The first-order valence-electron chi connectivity index (χ1n) is 4.67. The molecule has 0 aliphatic rings. The lowest BCUT2D eigenvalue weighted by Crippen LogP contribution is -1.98. The molecule has 1 N–H and O–H groups in total. The predicted octanol–water partition coefficient (Wildman–Crippen LogP) is 1.57. The molecule has 0 aliphatic carbocycles. The molecule has 0 heterocycles. The largest absolute Gasteiger partial charge is 0.494 e. The summed E-state index contributed by atoms with van der Waals surface area (Å²) in [6.07, 6.45) is 2.05. The molecular weight excluding hydrogens is 240 g/mol. The van der Waals surface area contributed by atoms with E-state index in [1.807, 2.05) is 0 Å². The molecule has 0 unspecified atom stereocenters. The smallest absolute Gasteiger partial charge is 0.328 e. The van der Waals surface area contributed by atoms with Gasteiger partial charge >= 0.3 is 5.97 Å². The molecule has 0 aromatic heterocycles. The summed E-state index contributed by atoms with van der Waals surface area (Å²) in [6, 6.07) is 4.12. The number of methoxy groups -OCH3 is 1. The SMILES string of the molecule is COc1c(/C=C/C(=O)O)ccc([N+](=O)[O-])c1C#N. The van der Waals surface area contributed by atoms with Gasteiger partial charge in [0.25, 0.3) is 5.69 Å². The Morgan fingerprint density at radius 1 is 1.61 bits per heavy atom. The molecule has 18 heavy (non-hydrogen) atoms. The van der Waals surface area contributed by atoms with Gasteiger partial charge in [-0.2, -0.15) is 5.26 Å². The monoisotopic (exact) mass is 248 g/mol. The molecule has 1 rings (SSSR count). The number of hydrogen-bond acceptors (Lipinski definition) is 5. The fourth-order valence-electron chi connectivity index (χ4n) is 1.36. The molecule has 1 aromatic carbocycles. The Kier molecular flexibility index (Phi) is 3.99. The van der Waals surface area contributed by atoms with E-state index in [1.165, 1.54) is 19.3 Å². The molecule has 0 saturated heterocycles. The first-order valence-corrected chi connectivity index (χ1v) is 4.67. The Morgan fingerprint density at radius 3 is 2.72 bits per heavy atom. The van der Waals surface area contributed by atoms with Gasteiger partial charge in [0.2, 0.25) is 0 Å². The summed E-state index contributed by atoms with van der Waals surface area (Å²) >= 11 is 0. The highest BCUT2D eigenvalue weighted by molar-refractivity contribution is 5.86. The Hall–Kier alpha value is -2.88. The summed E-state index contributed by atoms with van der Waals surface area (Å²) in [5.74, 6) is -1.20. The van der Waals surface area contributed by atoms with E-state index in [9.17, 15) is 14.9 Å². The fraction of sp³-hybridized carbons (Fsp3) is 0.0909. The van der Waals surface area contributed by atoms with Gasteiger partial charge < -0.3 is 9.84 Å². The molecule has 0 spiro atoms. The van der Waals surface area contributed by atoms with Crippen molar-refractivity contribution in [3.05, 3.63) is 39.4 Å². The van der Waals surface area contributed by atoms with Crippen LogP contribution in [0.3, 0.4) is 0 Å². The van der Waals surface area contributed by atoms with Crippen LogP contribution in [0, 0.1) is 21.4 Å². The van der Waals surface area contributed by atoms with Crippen molar-refractivity contribution in [2.75, 3.05) is 7.11 Å². The predicted molar refractivity (Wildman–Crippen MR) is 61.0 cm³/mol. The second-order valence-corrected chi connectivity index (χ2v) is 3.12. The van der Waals surface area contributed by atoms with Crippen molar-refractivity contribution in [3.63, 3.8) is 0 Å². The van der Waals surface area contributed by atoms with Crippen LogP contribution in [0.4, 0.5) is 5.69 Å². The summed E-state index contributed by atoms with van der Waals surface area (Å²) < 4.78 is 4.92. The number of nitrogens with zero attached hydrogens (tertiary/aromatic N) is 2. The van der Waals surface area contributed by atoms with Gasteiger partial charge in [0.05, 0.1) is 12.0 Å². The van der Waals surface area contributed by atoms with Crippen LogP contribution in [0.1, 0.15) is 11.1 Å². The standard InChI is InChI=1S/C11H8N2O5/c1-18-11-7(3-5-10(14)15)2-4-9(13(16)17)8(11)6-12/h2-5H,1H3,(H,14,15)/b5-3+. The molecule has 7 heteroatoms. The maximum absolute atomic E-state index is 10.7. The lowest BCUT2D eigenvalue weighted by atomic mass is 10.1. The van der Waals surface area contributed by atoms with Gasteiger partial charge in [-0.15, -0.1) is 0 Å². The van der Waals surface area contributed by atoms with Crippen molar-refractivity contribution in [2.45, 2.75) is 0 Å². The maximum Gasteiger partial charge on any atom is 0.328 e. The number of carbonyl (C=O) groups is 1. The Morgan fingerprint density at radius 2 is 2.28 bits per heavy atom. The summed E-state index contributed by atoms with van der Waals surface area (Å²) in [6.45, 7) is 0. The van der Waals surface area contributed by atoms with Crippen LogP contribution in [-0.2, 0) is 4.79 Å². The molecular formula is C11H8N2O5. The van der Waals surface area contributed by atoms with Crippen LogP contribution in [0.5, 0.6) is 5.75 Å². The quantitative estimate of drug-likeness (QED) is 0.491. The van der Waals surface area contributed by atoms with Gasteiger partial charge in [0.15, 0.2) is 11.3 Å². The van der Waals surface area contributed by atoms with Crippen molar-refractivity contribution in [1.29, 1.82) is 5.26 Å². The van der Waals surface area contributed by atoms with Crippen LogP contribution in [0.15, 0.2) is 18.2 Å². The van der Waals surface area contributed by atoms with Crippen LogP contribution < -0.4 is 4.74 Å². The molecule has 0 fully saturated rings. The summed E-state index contributed by atoms with van der Waals surface area (Å²) in [5.41, 5.74) is -0.348. The number of nitriles is 1. The van der Waals surface area contributed by atoms with Crippen LogP contribution in [0.2, 0.25) is 0 Å². The third kappa shape index (κ3) is 2.62. The number of carboxylic acids is 1. The number of aliphatic carboxylic acids is 1. The van der Waals surface area contributed by atoms with E-state index >= 15 is 0 Å². The van der Waals surface area contributed by atoms with Crippen LogP contribution in [-0.4, -0.2) is 23.1 Å². The maximum atomic E-state index is 10.7. The highest BCUT2D eigenvalue weighted by atomic mass is 16.6. The molecule has 0 aliphatic heterocycles. The number of hydrogen-bond donors (Lipinski definition) is 1. The Balaban J connectivity index is 3.45. The number of ether oxygens (including phenoxy) is 1. The van der Waals surface area contributed by atoms with Gasteiger partial charge in [-0.05, 0) is 12.1 Å². The lowest BCUT2D eigenvalue weighted by molar-refractivity contribution is -0.385. The molecule has 92 valence electrons. The van der Waals surface area contributed by atoms with E-state index in [0.717, 1.165) is 12.1 Å². The van der Waals surface area contributed by atoms with Crippen LogP contribution >= 0.6 is 0 Å². The second kappa shape index (κ2) is 5.45. The summed E-state index contributed by atoms with van der Waals surface area (Å²) in [5, 5.41) is 28.1. The van der Waals surface area contributed by atoms with E-state index < -0.39 is 10.9 Å². The van der Waals surface area contributed by atoms with Crippen molar-refractivity contribution in [3.8, 4) is 11.8 Å². The Labute approximate surface area is 102 Å². The first-order chi connectivity index (χ1) is 8.51. The molecule has 0 saturated carbocycles. The highest BCUT2D eigenvalue weighted by Crippen LogP contribution is 2.32. The topological polar surface area (TPSA) is 113 Å². The number of carboxylic acid groups (broad SMARTS) is 1. The average Bonchev–Trinajstić information content (AvgIpc) is 2.34. The Bertz CT molecular complexity index is 572. The van der Waals surface area contributed by atoms with Crippen LogP contribution in [0.25, 0.3) is 6.08 Å². The highest BCUT2D eigenvalue weighted by Gasteiger charge is 2.20. The normalized spacial score (nSPS) is 10.0. The molecule has 0 atom stereocenters. The van der Waals surface area contributed by atoms with E-state index in [1.54, 1.807) is 6.07 Å². The zero-order valence-corrected chi connectivity index (χ0v) is 9.28. The molecule has 0 bridgehead atoms. The number of nitro benzene ring substituents is 1. The van der Waals surface area contributed by atoms with E-state index in [-0.39, 0.29) is 22.6 Å². The molecule has 0 radical (unpaired) electrons. The average molecular weight is 248 g/mol. The van der Waals surface area contributed by atoms with E-state index in [4.69, 9.17) is 15.1 Å². The fourth-order valence-corrected chi connectivity index (χ4v) is 1.36. The number of benzene rings is 1. The zero-order chi connectivity index (χ0) is 13.7. The lowest BCUT2D eigenvalue weighted by Gasteiger charge is -2.06. The third-order valence-electron chi connectivity index (χ3n) is 2.08. The third-order valence-corrected chi connectivity index (χ3v) is 2.08. The summed E-state index contributed by atoms with van der Waals surface area (Å²) in [7, 11) is 1.25.